The number of hydrogen-bond donors (Lipinski definition) is 0. The van der Waals surface area contributed by atoms with Crippen LogP contribution in [0.3, 0.4) is 0 Å². The monoisotopic (exact) mass is 297 g/mol. The summed E-state index contributed by atoms with van der Waals surface area (Å²) >= 11 is 5.84. The molecule has 0 radical (unpaired) electrons. The van der Waals surface area contributed by atoms with Gasteiger partial charge >= 0.3 is 6.18 Å². The molecular formula is C14H7ClF3NO. The highest BCUT2D eigenvalue weighted by Crippen LogP contribution is 2.42. The molecule has 102 valence electrons. The second-order valence-electron chi connectivity index (χ2n) is 4.16. The van der Waals surface area contributed by atoms with E-state index < -0.39 is 16.8 Å². The van der Waals surface area contributed by atoms with Crippen LogP contribution in [0.25, 0.3) is 0 Å². The van der Waals surface area contributed by atoms with E-state index in [4.69, 9.17) is 16.3 Å². The molecule has 20 heavy (non-hydrogen) atoms. The van der Waals surface area contributed by atoms with Crippen LogP contribution in [0.4, 0.5) is 18.9 Å². The molecule has 0 unspecified atom stereocenters. The van der Waals surface area contributed by atoms with Crippen molar-refractivity contribution in [3.05, 3.63) is 52.5 Å². The van der Waals surface area contributed by atoms with Crippen LogP contribution < -0.4 is 4.74 Å². The molecule has 1 aliphatic heterocycles. The summed E-state index contributed by atoms with van der Waals surface area (Å²) < 4.78 is 44.0. The van der Waals surface area contributed by atoms with Crippen LogP contribution in [0.2, 0.25) is 5.02 Å². The van der Waals surface area contributed by atoms with Gasteiger partial charge in [0.2, 0.25) is 0 Å². The zero-order chi connectivity index (χ0) is 14.3. The predicted octanol–water partition coefficient (Wildman–Crippen LogP) is 5.22. The van der Waals surface area contributed by atoms with Crippen molar-refractivity contribution in [3.63, 3.8) is 0 Å². The van der Waals surface area contributed by atoms with Crippen LogP contribution >= 0.6 is 11.6 Å². The first kappa shape index (κ1) is 13.0. The molecule has 0 aliphatic carbocycles. The first-order valence-electron chi connectivity index (χ1n) is 5.67. The summed E-state index contributed by atoms with van der Waals surface area (Å²) in [5.74, 6) is 0.718. The summed E-state index contributed by atoms with van der Waals surface area (Å²) in [6, 6.07) is 9.06. The Labute approximate surface area is 117 Å². The SMILES string of the molecule is FC(F)(F)c1ccc2c(c1Cl)C=Nc1ccccc1O2. The van der Waals surface area contributed by atoms with E-state index in [1.807, 2.05) is 0 Å². The number of hydrogen-bond acceptors (Lipinski definition) is 2. The lowest BCUT2D eigenvalue weighted by atomic mass is 10.1. The quantitative estimate of drug-likeness (QED) is 0.558. The Morgan fingerprint density at radius 2 is 1.75 bits per heavy atom. The third-order valence-electron chi connectivity index (χ3n) is 2.86. The Bertz CT molecular complexity index is 710. The van der Waals surface area contributed by atoms with Crippen molar-refractivity contribution in [2.45, 2.75) is 6.18 Å². The van der Waals surface area contributed by atoms with Crippen LogP contribution in [0.1, 0.15) is 11.1 Å². The van der Waals surface area contributed by atoms with Crippen molar-refractivity contribution >= 4 is 23.5 Å². The molecule has 0 amide bonds. The lowest BCUT2D eigenvalue weighted by molar-refractivity contribution is -0.137. The van der Waals surface area contributed by atoms with Crippen molar-refractivity contribution in [1.29, 1.82) is 0 Å². The van der Waals surface area contributed by atoms with Gasteiger partial charge in [-0.3, -0.25) is 4.99 Å². The molecule has 0 fully saturated rings. The predicted molar refractivity (Wildman–Crippen MR) is 70.2 cm³/mol. The molecule has 0 spiro atoms. The summed E-state index contributed by atoms with van der Waals surface area (Å²) in [6.07, 6.45) is -3.22. The fourth-order valence-electron chi connectivity index (χ4n) is 1.91. The Morgan fingerprint density at radius 3 is 2.50 bits per heavy atom. The van der Waals surface area contributed by atoms with Crippen molar-refractivity contribution in [3.8, 4) is 11.5 Å². The summed E-state index contributed by atoms with van der Waals surface area (Å²) in [5, 5.41) is -0.411. The van der Waals surface area contributed by atoms with Crippen molar-refractivity contribution in [2.24, 2.45) is 4.99 Å². The minimum atomic E-state index is -4.51. The highest BCUT2D eigenvalue weighted by atomic mass is 35.5. The van der Waals surface area contributed by atoms with Gasteiger partial charge in [0.15, 0.2) is 5.75 Å². The van der Waals surface area contributed by atoms with Crippen molar-refractivity contribution in [2.75, 3.05) is 0 Å². The van der Waals surface area contributed by atoms with Crippen LogP contribution in [0.15, 0.2) is 41.4 Å². The number of fused-ring (bicyclic) bond motifs is 2. The van der Waals surface area contributed by atoms with Gasteiger partial charge in [0.1, 0.15) is 11.4 Å². The van der Waals surface area contributed by atoms with Crippen LogP contribution in [0, 0.1) is 0 Å². The van der Waals surface area contributed by atoms with Gasteiger partial charge in [0, 0.05) is 6.21 Å². The molecule has 2 aromatic rings. The van der Waals surface area contributed by atoms with E-state index in [1.54, 1.807) is 24.3 Å². The molecule has 1 aliphatic rings. The molecule has 2 nitrogen and oxygen atoms in total. The van der Waals surface area contributed by atoms with E-state index in [0.29, 0.717) is 11.4 Å². The first-order valence-corrected chi connectivity index (χ1v) is 6.05. The Hall–Kier alpha value is -2.01. The van der Waals surface area contributed by atoms with Crippen LogP contribution in [-0.4, -0.2) is 6.21 Å². The van der Waals surface area contributed by atoms with E-state index in [2.05, 4.69) is 4.99 Å². The first-order chi connectivity index (χ1) is 9.47. The minimum absolute atomic E-state index is 0.123. The third-order valence-corrected chi connectivity index (χ3v) is 3.27. The van der Waals surface area contributed by atoms with Gasteiger partial charge in [-0.25, -0.2) is 0 Å². The molecular weight excluding hydrogens is 291 g/mol. The topological polar surface area (TPSA) is 21.6 Å². The van der Waals surface area contributed by atoms with Crippen LogP contribution in [-0.2, 0) is 6.18 Å². The molecule has 6 heteroatoms. The zero-order valence-electron chi connectivity index (χ0n) is 9.91. The fourth-order valence-corrected chi connectivity index (χ4v) is 2.22. The maximum absolute atomic E-state index is 12.8. The summed E-state index contributed by atoms with van der Waals surface area (Å²) in [4.78, 5) is 4.11. The van der Waals surface area contributed by atoms with Gasteiger partial charge in [-0.15, -0.1) is 0 Å². The van der Waals surface area contributed by atoms with Gasteiger partial charge in [-0.1, -0.05) is 23.7 Å². The molecule has 3 rings (SSSR count). The molecule has 0 bridgehead atoms. The third kappa shape index (κ3) is 2.14. The van der Waals surface area contributed by atoms with Gasteiger partial charge < -0.3 is 4.74 Å². The Kier molecular flexibility index (Phi) is 2.94. The molecule has 0 saturated heterocycles. The van der Waals surface area contributed by atoms with E-state index in [9.17, 15) is 13.2 Å². The number of para-hydroxylation sites is 2. The molecule has 0 atom stereocenters. The van der Waals surface area contributed by atoms with Crippen molar-refractivity contribution in [1.82, 2.24) is 0 Å². The number of halogens is 4. The smallest absolute Gasteiger partial charge is 0.417 e. The number of rotatable bonds is 0. The van der Waals surface area contributed by atoms with Gasteiger partial charge in [-0.2, -0.15) is 13.2 Å². The van der Waals surface area contributed by atoms with E-state index in [0.717, 1.165) is 6.07 Å². The lowest BCUT2D eigenvalue weighted by Crippen LogP contribution is -2.07. The highest BCUT2D eigenvalue weighted by molar-refractivity contribution is 6.34. The average Bonchev–Trinajstić information content (AvgIpc) is 2.57. The molecule has 2 aromatic carbocycles. The number of benzene rings is 2. The highest BCUT2D eigenvalue weighted by Gasteiger charge is 2.35. The maximum atomic E-state index is 12.8. The molecule has 0 aromatic heterocycles. The molecule has 0 saturated carbocycles. The Morgan fingerprint density at radius 1 is 1.00 bits per heavy atom. The van der Waals surface area contributed by atoms with Crippen molar-refractivity contribution < 1.29 is 17.9 Å². The number of ether oxygens (including phenoxy) is 1. The second kappa shape index (κ2) is 4.52. The van der Waals surface area contributed by atoms with E-state index in [-0.39, 0.29) is 11.3 Å². The maximum Gasteiger partial charge on any atom is 0.417 e. The van der Waals surface area contributed by atoms with E-state index in [1.165, 1.54) is 12.3 Å². The molecule has 1 heterocycles. The fraction of sp³-hybridized carbons (Fsp3) is 0.0714. The van der Waals surface area contributed by atoms with E-state index >= 15 is 0 Å². The summed E-state index contributed by atoms with van der Waals surface area (Å²) in [7, 11) is 0. The summed E-state index contributed by atoms with van der Waals surface area (Å²) in [6.45, 7) is 0. The second-order valence-corrected chi connectivity index (χ2v) is 4.54. The van der Waals surface area contributed by atoms with Gasteiger partial charge in [0.05, 0.1) is 16.1 Å². The van der Waals surface area contributed by atoms with Crippen LogP contribution in [0.5, 0.6) is 11.5 Å². The Balaban J connectivity index is 2.17. The number of nitrogens with zero attached hydrogens (tertiary/aromatic N) is 1. The largest absolute Gasteiger partial charge is 0.454 e. The molecule has 0 N–H and O–H groups in total. The minimum Gasteiger partial charge on any atom is -0.454 e. The normalized spacial score (nSPS) is 13.2. The zero-order valence-corrected chi connectivity index (χ0v) is 10.7. The lowest BCUT2D eigenvalue weighted by Gasteiger charge is -2.13. The average molecular weight is 298 g/mol. The van der Waals surface area contributed by atoms with Gasteiger partial charge in [0.25, 0.3) is 0 Å². The summed E-state index contributed by atoms with van der Waals surface area (Å²) in [5.41, 5.74) is -0.245. The number of alkyl halides is 3. The van der Waals surface area contributed by atoms with Gasteiger partial charge in [-0.05, 0) is 24.3 Å². The number of aliphatic imine (C=N–C) groups is 1. The standard InChI is InChI=1S/C14H7ClF3NO/c15-13-8-7-19-10-3-1-2-4-12(10)20-11(8)6-5-9(13)14(16,17)18/h1-7H.